The molecule has 2 amide bonds. The fourth-order valence-electron chi connectivity index (χ4n) is 2.46. The molecule has 19 heavy (non-hydrogen) atoms. The minimum Gasteiger partial charge on any atom is -0.394 e. The Kier molecular flexibility index (Phi) is 4.45. The Morgan fingerprint density at radius 2 is 2.16 bits per heavy atom. The second-order valence-electron chi connectivity index (χ2n) is 6.18. The lowest BCUT2D eigenvalue weighted by molar-refractivity contribution is -0.129. The molecule has 0 radical (unpaired) electrons. The van der Waals surface area contributed by atoms with Gasteiger partial charge in [-0.3, -0.25) is 9.59 Å². The van der Waals surface area contributed by atoms with Gasteiger partial charge in [-0.05, 0) is 24.7 Å². The lowest BCUT2D eigenvalue weighted by atomic mass is 10.0. The molecule has 5 heteroatoms. The smallest absolute Gasteiger partial charge is 0.225 e. The van der Waals surface area contributed by atoms with Gasteiger partial charge in [0.05, 0.1) is 18.6 Å². The molecule has 1 heterocycles. The number of rotatable bonds is 6. The van der Waals surface area contributed by atoms with Crippen LogP contribution in [0, 0.1) is 17.8 Å². The van der Waals surface area contributed by atoms with Crippen molar-refractivity contribution in [3.8, 4) is 0 Å². The number of amides is 2. The van der Waals surface area contributed by atoms with Crippen LogP contribution in [-0.2, 0) is 9.59 Å². The van der Waals surface area contributed by atoms with Crippen molar-refractivity contribution in [3.63, 3.8) is 0 Å². The fourth-order valence-corrected chi connectivity index (χ4v) is 2.46. The van der Waals surface area contributed by atoms with Gasteiger partial charge < -0.3 is 15.3 Å². The second-order valence-corrected chi connectivity index (χ2v) is 6.18. The molecule has 1 aliphatic carbocycles. The largest absolute Gasteiger partial charge is 0.394 e. The highest BCUT2D eigenvalue weighted by Crippen LogP contribution is 2.32. The van der Waals surface area contributed by atoms with Crippen LogP contribution in [0.3, 0.4) is 0 Å². The van der Waals surface area contributed by atoms with E-state index in [2.05, 4.69) is 5.32 Å². The maximum Gasteiger partial charge on any atom is 0.225 e. The third kappa shape index (κ3) is 3.69. The predicted octanol–water partition coefficient (Wildman–Crippen LogP) is 0.378. The zero-order valence-corrected chi connectivity index (χ0v) is 11.8. The molecular weight excluding hydrogens is 244 g/mol. The Labute approximate surface area is 114 Å². The minimum absolute atomic E-state index is 0.0597. The summed E-state index contributed by atoms with van der Waals surface area (Å²) in [5, 5.41) is 12.1. The van der Waals surface area contributed by atoms with Gasteiger partial charge in [-0.15, -0.1) is 0 Å². The molecule has 108 valence electrons. The Hall–Kier alpha value is -1.10. The third-order valence-corrected chi connectivity index (χ3v) is 4.09. The maximum atomic E-state index is 12.1. The quantitative estimate of drug-likeness (QED) is 0.731. The first-order valence-electron chi connectivity index (χ1n) is 7.20. The van der Waals surface area contributed by atoms with E-state index in [0.717, 1.165) is 6.54 Å². The first-order chi connectivity index (χ1) is 9.01. The van der Waals surface area contributed by atoms with E-state index < -0.39 is 0 Å². The van der Waals surface area contributed by atoms with Crippen LogP contribution in [0.1, 0.15) is 33.1 Å². The minimum atomic E-state index is -0.251. The van der Waals surface area contributed by atoms with E-state index in [0.29, 0.717) is 18.9 Å². The molecule has 0 aromatic heterocycles. The topological polar surface area (TPSA) is 69.6 Å². The summed E-state index contributed by atoms with van der Waals surface area (Å²) in [5.41, 5.74) is 0. The molecule has 1 aliphatic heterocycles. The Balaban J connectivity index is 1.84. The van der Waals surface area contributed by atoms with Crippen LogP contribution in [0.15, 0.2) is 0 Å². The van der Waals surface area contributed by atoms with Crippen LogP contribution in [0.4, 0.5) is 0 Å². The highest BCUT2D eigenvalue weighted by Gasteiger charge is 2.37. The van der Waals surface area contributed by atoms with Crippen LogP contribution in [0.2, 0.25) is 0 Å². The zero-order chi connectivity index (χ0) is 14.0. The molecule has 2 rings (SSSR count). The lowest BCUT2D eigenvalue weighted by Crippen LogP contribution is -2.44. The summed E-state index contributed by atoms with van der Waals surface area (Å²) in [6.45, 7) is 5.21. The summed E-state index contributed by atoms with van der Waals surface area (Å²) in [5.74, 6) is 0.593. The number of aliphatic hydroxyl groups excluding tert-OH is 1. The maximum absolute atomic E-state index is 12.1. The van der Waals surface area contributed by atoms with E-state index >= 15 is 0 Å². The van der Waals surface area contributed by atoms with Gasteiger partial charge in [0.1, 0.15) is 0 Å². The number of hydrogen-bond acceptors (Lipinski definition) is 3. The zero-order valence-electron chi connectivity index (χ0n) is 11.8. The third-order valence-electron chi connectivity index (χ3n) is 4.09. The molecule has 2 unspecified atom stereocenters. The van der Waals surface area contributed by atoms with Crippen molar-refractivity contribution < 1.29 is 14.7 Å². The molecule has 0 bridgehead atoms. The standard InChI is InChI=1S/C14H24N2O3/c1-9(2)12(8-17)15-14(19)11-5-13(18)16(7-11)6-10-3-4-10/h9-12,17H,3-8H2,1-2H3,(H,15,19). The van der Waals surface area contributed by atoms with Crippen LogP contribution in [-0.4, -0.2) is 47.6 Å². The molecule has 2 fully saturated rings. The van der Waals surface area contributed by atoms with E-state index in [1.165, 1.54) is 12.8 Å². The van der Waals surface area contributed by atoms with Gasteiger partial charge in [-0.2, -0.15) is 0 Å². The van der Waals surface area contributed by atoms with Crippen molar-refractivity contribution >= 4 is 11.8 Å². The van der Waals surface area contributed by atoms with E-state index in [-0.39, 0.29) is 36.3 Å². The highest BCUT2D eigenvalue weighted by atomic mass is 16.3. The van der Waals surface area contributed by atoms with Crippen LogP contribution in [0.5, 0.6) is 0 Å². The predicted molar refractivity (Wildman–Crippen MR) is 71.3 cm³/mol. The summed E-state index contributed by atoms with van der Waals surface area (Å²) in [6.07, 6.45) is 2.73. The van der Waals surface area contributed by atoms with Gasteiger partial charge in [-0.25, -0.2) is 0 Å². The number of carbonyl (C=O) groups is 2. The van der Waals surface area contributed by atoms with Crippen LogP contribution < -0.4 is 5.32 Å². The molecule has 0 aromatic rings. The number of aliphatic hydroxyl groups is 1. The van der Waals surface area contributed by atoms with Crippen molar-refractivity contribution in [2.45, 2.75) is 39.2 Å². The monoisotopic (exact) mass is 268 g/mol. The molecule has 0 aromatic carbocycles. The van der Waals surface area contributed by atoms with Gasteiger partial charge in [0, 0.05) is 19.5 Å². The Morgan fingerprint density at radius 1 is 1.47 bits per heavy atom. The van der Waals surface area contributed by atoms with Crippen molar-refractivity contribution in [3.05, 3.63) is 0 Å². The molecule has 2 atom stereocenters. The summed E-state index contributed by atoms with van der Waals surface area (Å²) in [6, 6.07) is -0.222. The molecule has 2 N–H and O–H groups in total. The number of nitrogens with zero attached hydrogens (tertiary/aromatic N) is 1. The van der Waals surface area contributed by atoms with E-state index in [1.807, 2.05) is 18.7 Å². The Bertz CT molecular complexity index is 353. The highest BCUT2D eigenvalue weighted by molar-refractivity contribution is 5.89. The Morgan fingerprint density at radius 3 is 2.68 bits per heavy atom. The van der Waals surface area contributed by atoms with E-state index in [9.17, 15) is 14.7 Å². The lowest BCUT2D eigenvalue weighted by Gasteiger charge is -2.22. The number of hydrogen-bond donors (Lipinski definition) is 2. The van der Waals surface area contributed by atoms with Crippen LogP contribution in [0.25, 0.3) is 0 Å². The second kappa shape index (κ2) is 5.90. The number of nitrogens with one attached hydrogen (secondary N) is 1. The SMILES string of the molecule is CC(C)C(CO)NC(=O)C1CC(=O)N(CC2CC2)C1. The van der Waals surface area contributed by atoms with Crippen LogP contribution >= 0.6 is 0 Å². The van der Waals surface area contributed by atoms with Crippen molar-refractivity contribution in [1.29, 1.82) is 0 Å². The van der Waals surface area contributed by atoms with E-state index in [1.54, 1.807) is 0 Å². The van der Waals surface area contributed by atoms with Gasteiger partial charge in [0.15, 0.2) is 0 Å². The molecule has 5 nitrogen and oxygen atoms in total. The van der Waals surface area contributed by atoms with Gasteiger partial charge in [0.2, 0.25) is 11.8 Å². The molecule has 1 saturated carbocycles. The first-order valence-corrected chi connectivity index (χ1v) is 7.20. The summed E-state index contributed by atoms with van der Waals surface area (Å²) in [7, 11) is 0. The van der Waals surface area contributed by atoms with Crippen molar-refractivity contribution in [1.82, 2.24) is 10.2 Å². The number of carbonyl (C=O) groups excluding carboxylic acids is 2. The number of likely N-dealkylation sites (tertiary alicyclic amines) is 1. The fraction of sp³-hybridized carbons (Fsp3) is 0.857. The first kappa shape index (κ1) is 14.3. The van der Waals surface area contributed by atoms with E-state index in [4.69, 9.17) is 0 Å². The van der Waals surface area contributed by atoms with Gasteiger partial charge in [0.25, 0.3) is 0 Å². The van der Waals surface area contributed by atoms with Gasteiger partial charge >= 0.3 is 0 Å². The van der Waals surface area contributed by atoms with Crippen molar-refractivity contribution in [2.75, 3.05) is 19.7 Å². The molecule has 1 saturated heterocycles. The average molecular weight is 268 g/mol. The molecule has 0 spiro atoms. The summed E-state index contributed by atoms with van der Waals surface area (Å²) < 4.78 is 0. The average Bonchev–Trinajstić information content (AvgIpc) is 3.09. The summed E-state index contributed by atoms with van der Waals surface area (Å²) in [4.78, 5) is 25.8. The van der Waals surface area contributed by atoms with Crippen molar-refractivity contribution in [2.24, 2.45) is 17.8 Å². The summed E-state index contributed by atoms with van der Waals surface area (Å²) >= 11 is 0. The molecular formula is C14H24N2O3. The molecule has 2 aliphatic rings. The normalized spacial score (nSPS) is 24.9. The van der Waals surface area contributed by atoms with Gasteiger partial charge in [-0.1, -0.05) is 13.8 Å².